The molecule has 3 aromatic rings. The van der Waals surface area contributed by atoms with E-state index in [1.54, 1.807) is 6.07 Å². The third-order valence-corrected chi connectivity index (χ3v) is 5.28. The van der Waals surface area contributed by atoms with Gasteiger partial charge in [-0.2, -0.15) is 13.2 Å². The van der Waals surface area contributed by atoms with Crippen molar-refractivity contribution in [1.29, 1.82) is 0 Å². The Morgan fingerprint density at radius 3 is 2.38 bits per heavy atom. The Labute approximate surface area is 177 Å². The van der Waals surface area contributed by atoms with E-state index in [4.69, 9.17) is 16.3 Å². The zero-order valence-corrected chi connectivity index (χ0v) is 17.0. The lowest BCUT2D eigenvalue weighted by Gasteiger charge is -2.15. The fourth-order valence-electron chi connectivity index (χ4n) is 3.44. The lowest BCUT2D eigenvalue weighted by Crippen LogP contribution is -2.19. The van der Waals surface area contributed by atoms with E-state index in [2.05, 4.69) is 22.3 Å². The number of rotatable bonds is 5. The molecule has 1 saturated carbocycles. The van der Waals surface area contributed by atoms with E-state index in [1.807, 2.05) is 29.8 Å². The summed E-state index contributed by atoms with van der Waals surface area (Å²) in [5.74, 6) is 1.46. The monoisotopic (exact) mass is 443 g/mol. The molecule has 154 valence electrons. The Morgan fingerprint density at radius 1 is 1.10 bits per heavy atom. The first-order valence-corrected chi connectivity index (χ1v) is 9.13. The molecule has 0 aliphatic heterocycles. The van der Waals surface area contributed by atoms with Crippen LogP contribution in [0, 0.1) is 0 Å². The maximum Gasteiger partial charge on any atom is 0.422 e. The lowest BCUT2D eigenvalue weighted by atomic mass is 9.95. The largest absolute Gasteiger partial charge is 0.484 e. The van der Waals surface area contributed by atoms with Crippen LogP contribution in [0.2, 0.25) is 5.02 Å². The van der Waals surface area contributed by atoms with Gasteiger partial charge in [-0.05, 0) is 36.6 Å². The van der Waals surface area contributed by atoms with E-state index in [0.29, 0.717) is 11.4 Å². The van der Waals surface area contributed by atoms with E-state index < -0.39 is 12.8 Å². The van der Waals surface area contributed by atoms with Crippen LogP contribution < -0.4 is 4.74 Å². The molecule has 0 atom stereocenters. The molecule has 0 radical (unpaired) electrons. The summed E-state index contributed by atoms with van der Waals surface area (Å²) < 4.78 is 43.6. The van der Waals surface area contributed by atoms with Crippen LogP contribution in [-0.4, -0.2) is 27.5 Å². The topological polar surface area (TPSA) is 39.9 Å². The summed E-state index contributed by atoms with van der Waals surface area (Å²) in [7, 11) is 1.87. The predicted octanol–water partition coefficient (Wildman–Crippen LogP) is 5.58. The molecule has 9 heteroatoms. The molecule has 29 heavy (non-hydrogen) atoms. The molecule has 1 aliphatic carbocycles. The number of alkyl halides is 3. The summed E-state index contributed by atoms with van der Waals surface area (Å²) in [4.78, 5) is 0. The van der Waals surface area contributed by atoms with Gasteiger partial charge in [-0.3, -0.25) is 0 Å². The number of halogens is 5. The van der Waals surface area contributed by atoms with Crippen LogP contribution in [0.15, 0.2) is 48.5 Å². The van der Waals surface area contributed by atoms with Gasteiger partial charge in [0.1, 0.15) is 11.6 Å². The summed E-state index contributed by atoms with van der Waals surface area (Å²) in [6.07, 6.45) is -2.43. The van der Waals surface area contributed by atoms with Gasteiger partial charge in [-0.25, -0.2) is 0 Å². The van der Waals surface area contributed by atoms with Gasteiger partial charge in [-0.15, -0.1) is 22.6 Å². The molecular weight excluding hydrogens is 426 g/mol. The molecule has 4 rings (SSSR count). The van der Waals surface area contributed by atoms with Gasteiger partial charge < -0.3 is 9.30 Å². The van der Waals surface area contributed by atoms with Crippen LogP contribution in [0.3, 0.4) is 0 Å². The van der Waals surface area contributed by atoms with Gasteiger partial charge in [0.25, 0.3) is 0 Å². The Bertz CT molecular complexity index is 1000. The molecule has 1 aliphatic rings. The average Bonchev–Trinajstić information content (AvgIpc) is 3.38. The first-order chi connectivity index (χ1) is 13.3. The first kappa shape index (κ1) is 21.5. The van der Waals surface area contributed by atoms with Gasteiger partial charge in [-0.1, -0.05) is 41.9 Å². The van der Waals surface area contributed by atoms with Gasteiger partial charge in [0.05, 0.1) is 10.4 Å². The predicted molar refractivity (Wildman–Crippen MR) is 107 cm³/mol. The second kappa shape index (κ2) is 7.88. The fraction of sp³-hybridized carbons (Fsp3) is 0.300. The molecule has 0 unspecified atom stereocenters. The summed E-state index contributed by atoms with van der Waals surface area (Å²) in [5.41, 5.74) is 1.63. The number of nitrogens with zero attached hydrogens (tertiary/aromatic N) is 3. The molecule has 1 aromatic heterocycles. The van der Waals surface area contributed by atoms with E-state index >= 15 is 0 Å². The summed E-state index contributed by atoms with van der Waals surface area (Å²) >= 11 is 6.30. The third-order valence-electron chi connectivity index (χ3n) is 4.96. The van der Waals surface area contributed by atoms with E-state index in [0.717, 1.165) is 18.7 Å². The van der Waals surface area contributed by atoms with Crippen molar-refractivity contribution in [3.63, 3.8) is 0 Å². The normalized spacial score (nSPS) is 14.9. The van der Waals surface area contributed by atoms with Crippen molar-refractivity contribution in [2.75, 3.05) is 6.61 Å². The molecule has 1 heterocycles. The van der Waals surface area contributed by atoms with E-state index in [1.165, 1.54) is 17.7 Å². The van der Waals surface area contributed by atoms with Gasteiger partial charge in [0, 0.05) is 12.6 Å². The number of ether oxygens (including phenoxy) is 1. The van der Waals surface area contributed by atoms with E-state index in [9.17, 15) is 13.2 Å². The minimum atomic E-state index is -4.40. The average molecular weight is 444 g/mol. The smallest absolute Gasteiger partial charge is 0.422 e. The number of hydrogen-bond donors (Lipinski definition) is 0. The van der Waals surface area contributed by atoms with Crippen LogP contribution in [-0.2, 0) is 12.5 Å². The molecule has 0 spiro atoms. The summed E-state index contributed by atoms with van der Waals surface area (Å²) in [6, 6.07) is 14.6. The van der Waals surface area contributed by atoms with Crippen molar-refractivity contribution >= 4 is 24.0 Å². The zero-order valence-electron chi connectivity index (χ0n) is 15.4. The Morgan fingerprint density at radius 2 is 1.79 bits per heavy atom. The van der Waals surface area contributed by atoms with Crippen LogP contribution >= 0.6 is 24.0 Å². The van der Waals surface area contributed by atoms with Crippen molar-refractivity contribution in [2.24, 2.45) is 7.05 Å². The number of benzene rings is 2. The van der Waals surface area contributed by atoms with Gasteiger partial charge in [0.2, 0.25) is 0 Å². The Hall–Kier alpha value is -2.25. The van der Waals surface area contributed by atoms with Crippen molar-refractivity contribution in [1.82, 2.24) is 14.8 Å². The maximum atomic E-state index is 12.3. The van der Waals surface area contributed by atoms with E-state index in [-0.39, 0.29) is 28.6 Å². The Balaban J connectivity index is 0.00000240. The molecule has 4 nitrogen and oxygen atoms in total. The minimum absolute atomic E-state index is 0. The van der Waals surface area contributed by atoms with Crippen LogP contribution in [0.5, 0.6) is 5.75 Å². The standard InChI is InChI=1S/C20H17ClF3N3O.ClH/c1-27-17(15-8-7-14(11-16(15)21)28-12-20(22,23)24)25-26-18(27)19(9-10-19)13-5-3-2-4-6-13;/h2-8,11H,9-10,12H2,1H3;1H. The molecule has 2 aromatic carbocycles. The highest BCUT2D eigenvalue weighted by Crippen LogP contribution is 2.53. The maximum absolute atomic E-state index is 12.3. The summed E-state index contributed by atoms with van der Waals surface area (Å²) in [5, 5.41) is 8.97. The lowest BCUT2D eigenvalue weighted by molar-refractivity contribution is -0.153. The summed E-state index contributed by atoms with van der Waals surface area (Å²) in [6.45, 7) is -1.36. The van der Waals surface area contributed by atoms with Crippen LogP contribution in [0.25, 0.3) is 11.4 Å². The van der Waals surface area contributed by atoms with Gasteiger partial charge in [0.15, 0.2) is 12.4 Å². The van der Waals surface area contributed by atoms with Crippen LogP contribution in [0.4, 0.5) is 13.2 Å². The molecule has 1 fully saturated rings. The van der Waals surface area contributed by atoms with Crippen molar-refractivity contribution in [3.05, 3.63) is 64.9 Å². The zero-order chi connectivity index (χ0) is 19.9. The third kappa shape index (κ3) is 4.21. The fourth-order valence-corrected chi connectivity index (χ4v) is 3.69. The highest BCUT2D eigenvalue weighted by molar-refractivity contribution is 6.33. The highest BCUT2D eigenvalue weighted by Gasteiger charge is 2.49. The van der Waals surface area contributed by atoms with Gasteiger partial charge >= 0.3 is 6.18 Å². The minimum Gasteiger partial charge on any atom is -0.484 e. The molecule has 0 saturated heterocycles. The molecule has 0 bridgehead atoms. The van der Waals surface area contributed by atoms with Crippen LogP contribution in [0.1, 0.15) is 24.2 Å². The molecular formula is C20H18Cl2F3N3O. The second-order valence-electron chi connectivity index (χ2n) is 6.90. The van der Waals surface area contributed by atoms with Crippen molar-refractivity contribution in [2.45, 2.75) is 24.4 Å². The second-order valence-corrected chi connectivity index (χ2v) is 7.31. The Kier molecular flexibility index (Phi) is 5.83. The first-order valence-electron chi connectivity index (χ1n) is 8.75. The SMILES string of the molecule is Cl.Cn1c(-c2ccc(OCC(F)(F)F)cc2Cl)nnc1C1(c2ccccc2)CC1. The highest BCUT2D eigenvalue weighted by atomic mass is 35.5. The van der Waals surface area contributed by atoms with Crippen molar-refractivity contribution in [3.8, 4) is 17.1 Å². The number of hydrogen-bond acceptors (Lipinski definition) is 3. The van der Waals surface area contributed by atoms with Crippen molar-refractivity contribution < 1.29 is 17.9 Å². The quantitative estimate of drug-likeness (QED) is 0.516. The molecule has 0 amide bonds. The number of aromatic nitrogens is 3. The molecule has 0 N–H and O–H groups in total.